The summed E-state index contributed by atoms with van der Waals surface area (Å²) in [4.78, 5) is 12.1. The van der Waals surface area contributed by atoms with Crippen LogP contribution in [0.15, 0.2) is 30.5 Å². The third kappa shape index (κ3) is 2.92. The minimum absolute atomic E-state index is 0.0603. The van der Waals surface area contributed by atoms with Crippen LogP contribution >= 0.6 is 0 Å². The van der Waals surface area contributed by atoms with Crippen molar-refractivity contribution in [3.05, 3.63) is 52.8 Å². The molecule has 2 N–H and O–H groups in total. The zero-order valence-corrected chi connectivity index (χ0v) is 15.0. The number of hydrogen-bond donors (Lipinski definition) is 2. The molecule has 1 fully saturated rings. The van der Waals surface area contributed by atoms with Gasteiger partial charge >= 0.3 is 6.03 Å². The lowest BCUT2D eigenvalue weighted by molar-refractivity contribution is 0.240. The zero-order valence-electron chi connectivity index (χ0n) is 15.0. The van der Waals surface area contributed by atoms with Crippen molar-refractivity contribution in [1.82, 2.24) is 20.4 Å². The fourth-order valence-corrected chi connectivity index (χ4v) is 4.38. The van der Waals surface area contributed by atoms with Gasteiger partial charge in [0.05, 0.1) is 6.20 Å². The second-order valence-electron chi connectivity index (χ2n) is 7.48. The lowest BCUT2D eigenvalue weighted by atomic mass is 9.95. The first kappa shape index (κ1) is 16.2. The molecule has 1 saturated carbocycles. The number of urea groups is 1. The summed E-state index contributed by atoms with van der Waals surface area (Å²) in [5, 5.41) is 10.3. The Kier molecular flexibility index (Phi) is 4.02. The Hall–Kier alpha value is -2.30. The van der Waals surface area contributed by atoms with E-state index in [1.54, 1.807) is 0 Å². The van der Waals surface area contributed by atoms with Crippen LogP contribution in [0.4, 0.5) is 4.79 Å². The number of nitrogens with one attached hydrogen (secondary N) is 2. The minimum atomic E-state index is -0.0603. The molecule has 1 spiro atoms. The van der Waals surface area contributed by atoms with E-state index in [-0.39, 0.29) is 6.03 Å². The topological polar surface area (TPSA) is 59.0 Å². The van der Waals surface area contributed by atoms with E-state index in [2.05, 4.69) is 40.0 Å². The maximum Gasteiger partial charge on any atom is 0.314 e. The highest BCUT2D eigenvalue weighted by molar-refractivity contribution is 5.73. The lowest BCUT2D eigenvalue weighted by Crippen LogP contribution is -2.38. The number of carbonyl (C=O) groups is 1. The first-order chi connectivity index (χ1) is 12.1. The molecule has 2 atom stereocenters. The Morgan fingerprint density at radius 2 is 2.20 bits per heavy atom. The molecule has 1 aromatic carbocycles. The highest BCUT2D eigenvalue weighted by Gasteiger charge is 2.57. The molecule has 5 nitrogen and oxygen atoms in total. The number of fused-ring (bicyclic) bond motifs is 2. The summed E-state index contributed by atoms with van der Waals surface area (Å²) in [6.45, 7) is 3.46. The van der Waals surface area contributed by atoms with Crippen LogP contribution in [0.3, 0.4) is 0 Å². The molecule has 2 aromatic rings. The standard InChI is InChI=1S/C20H26N4O/c1-14-16(12-23-24(14)2)8-10-21-19(25)22-13-17-11-20(17)9-7-15-5-3-4-6-18(15)20/h3-6,12,17H,7-11,13H2,1-2H3,(H2,21,22,25)/t17-,20+/m0/s1. The Labute approximate surface area is 148 Å². The summed E-state index contributed by atoms with van der Waals surface area (Å²) < 4.78 is 1.86. The molecular formula is C20H26N4O. The number of benzene rings is 1. The minimum Gasteiger partial charge on any atom is -0.338 e. The number of nitrogens with zero attached hydrogens (tertiary/aromatic N) is 2. The van der Waals surface area contributed by atoms with E-state index >= 15 is 0 Å². The van der Waals surface area contributed by atoms with Gasteiger partial charge in [-0.1, -0.05) is 24.3 Å². The fourth-order valence-electron chi connectivity index (χ4n) is 4.38. The Morgan fingerprint density at radius 1 is 1.36 bits per heavy atom. The summed E-state index contributed by atoms with van der Waals surface area (Å²) in [6.07, 6.45) is 6.32. The third-order valence-corrected chi connectivity index (χ3v) is 6.15. The van der Waals surface area contributed by atoms with Gasteiger partial charge in [-0.15, -0.1) is 0 Å². The molecule has 2 aliphatic carbocycles. The summed E-state index contributed by atoms with van der Waals surface area (Å²) >= 11 is 0. The maximum atomic E-state index is 12.1. The van der Waals surface area contributed by atoms with Gasteiger partial charge in [0.25, 0.3) is 0 Å². The summed E-state index contributed by atoms with van der Waals surface area (Å²) in [5.74, 6) is 0.586. The van der Waals surface area contributed by atoms with E-state index in [4.69, 9.17) is 0 Å². The monoisotopic (exact) mass is 338 g/mol. The normalized spacial score (nSPS) is 23.5. The van der Waals surface area contributed by atoms with E-state index in [0.717, 1.165) is 18.7 Å². The molecule has 5 heteroatoms. The van der Waals surface area contributed by atoms with Crippen LogP contribution in [0.25, 0.3) is 0 Å². The quantitative estimate of drug-likeness (QED) is 0.880. The Bertz CT molecular complexity index is 797. The molecule has 2 aliphatic rings. The highest BCUT2D eigenvalue weighted by atomic mass is 16.2. The molecule has 0 unspecified atom stereocenters. The van der Waals surface area contributed by atoms with Gasteiger partial charge in [-0.05, 0) is 55.2 Å². The van der Waals surface area contributed by atoms with Crippen molar-refractivity contribution in [2.24, 2.45) is 13.0 Å². The molecule has 1 heterocycles. The SMILES string of the molecule is Cc1c(CCNC(=O)NC[C@@H]2C[C@]23CCc2ccccc23)cnn1C. The molecule has 2 amide bonds. The Balaban J connectivity index is 1.22. The molecule has 0 aliphatic heterocycles. The van der Waals surface area contributed by atoms with Crippen LogP contribution in [-0.2, 0) is 25.3 Å². The van der Waals surface area contributed by atoms with Crippen LogP contribution in [0.1, 0.15) is 35.2 Å². The van der Waals surface area contributed by atoms with Crippen LogP contribution in [0.2, 0.25) is 0 Å². The number of carbonyl (C=O) groups excluding carboxylic acids is 1. The van der Waals surface area contributed by atoms with Crippen molar-refractivity contribution in [3.63, 3.8) is 0 Å². The van der Waals surface area contributed by atoms with Gasteiger partial charge in [0, 0.05) is 31.2 Å². The second-order valence-corrected chi connectivity index (χ2v) is 7.48. The maximum absolute atomic E-state index is 12.1. The van der Waals surface area contributed by atoms with Crippen LogP contribution in [0.5, 0.6) is 0 Å². The average molecular weight is 338 g/mol. The van der Waals surface area contributed by atoms with Crippen molar-refractivity contribution >= 4 is 6.03 Å². The predicted molar refractivity (Wildman–Crippen MR) is 97.6 cm³/mol. The number of aryl methyl sites for hydroxylation is 2. The lowest BCUT2D eigenvalue weighted by Gasteiger charge is -2.12. The van der Waals surface area contributed by atoms with Crippen molar-refractivity contribution in [2.45, 2.75) is 38.0 Å². The molecule has 0 saturated heterocycles. The molecule has 1 aromatic heterocycles. The molecule has 0 radical (unpaired) electrons. The average Bonchev–Trinajstić information content (AvgIpc) is 3.08. The van der Waals surface area contributed by atoms with E-state index in [0.29, 0.717) is 17.9 Å². The van der Waals surface area contributed by atoms with Crippen molar-refractivity contribution in [3.8, 4) is 0 Å². The molecule has 132 valence electrons. The molecule has 0 bridgehead atoms. The van der Waals surface area contributed by atoms with Gasteiger partial charge in [-0.2, -0.15) is 5.10 Å². The van der Waals surface area contributed by atoms with Gasteiger partial charge in [0.2, 0.25) is 0 Å². The number of hydrogen-bond acceptors (Lipinski definition) is 2. The van der Waals surface area contributed by atoms with Gasteiger partial charge < -0.3 is 10.6 Å². The second kappa shape index (κ2) is 6.21. The van der Waals surface area contributed by atoms with Crippen LogP contribution < -0.4 is 10.6 Å². The summed E-state index contributed by atoms with van der Waals surface area (Å²) in [5.41, 5.74) is 5.71. The predicted octanol–water partition coefficient (Wildman–Crippen LogP) is 2.47. The van der Waals surface area contributed by atoms with Gasteiger partial charge in [0.1, 0.15) is 0 Å². The fraction of sp³-hybridized carbons (Fsp3) is 0.500. The van der Waals surface area contributed by atoms with Gasteiger partial charge in [0.15, 0.2) is 0 Å². The zero-order chi connectivity index (χ0) is 17.4. The number of rotatable bonds is 5. The van der Waals surface area contributed by atoms with Crippen LogP contribution in [0, 0.1) is 12.8 Å². The van der Waals surface area contributed by atoms with E-state index in [9.17, 15) is 4.79 Å². The Morgan fingerprint density at radius 3 is 3.00 bits per heavy atom. The van der Waals surface area contributed by atoms with Crippen LogP contribution in [-0.4, -0.2) is 28.9 Å². The van der Waals surface area contributed by atoms with Gasteiger partial charge in [-0.3, -0.25) is 4.68 Å². The largest absolute Gasteiger partial charge is 0.338 e. The number of aromatic nitrogens is 2. The van der Waals surface area contributed by atoms with Crippen molar-refractivity contribution < 1.29 is 4.79 Å². The van der Waals surface area contributed by atoms with E-state index in [1.807, 2.05) is 24.9 Å². The van der Waals surface area contributed by atoms with Gasteiger partial charge in [-0.25, -0.2) is 4.79 Å². The third-order valence-electron chi connectivity index (χ3n) is 6.15. The van der Waals surface area contributed by atoms with E-state index < -0.39 is 0 Å². The first-order valence-corrected chi connectivity index (χ1v) is 9.18. The molecule has 4 rings (SSSR count). The highest BCUT2D eigenvalue weighted by Crippen LogP contribution is 2.61. The first-order valence-electron chi connectivity index (χ1n) is 9.18. The van der Waals surface area contributed by atoms with Crippen molar-refractivity contribution in [1.29, 1.82) is 0 Å². The van der Waals surface area contributed by atoms with E-state index in [1.165, 1.54) is 36.0 Å². The number of amides is 2. The van der Waals surface area contributed by atoms with Crippen molar-refractivity contribution in [2.75, 3.05) is 13.1 Å². The smallest absolute Gasteiger partial charge is 0.314 e. The summed E-state index contributed by atoms with van der Waals surface area (Å²) in [7, 11) is 1.94. The molecule has 25 heavy (non-hydrogen) atoms. The summed E-state index contributed by atoms with van der Waals surface area (Å²) in [6, 6.07) is 8.74. The molecular weight excluding hydrogens is 312 g/mol.